The van der Waals surface area contributed by atoms with Gasteiger partial charge in [0.25, 0.3) is 0 Å². The van der Waals surface area contributed by atoms with Crippen LogP contribution in [0.3, 0.4) is 0 Å². The van der Waals surface area contributed by atoms with Crippen molar-refractivity contribution in [2.75, 3.05) is 0 Å². The van der Waals surface area contributed by atoms with E-state index in [0.717, 1.165) is 17.7 Å². The summed E-state index contributed by atoms with van der Waals surface area (Å²) in [6, 6.07) is 10.8. The van der Waals surface area contributed by atoms with Gasteiger partial charge in [-0.05, 0) is 18.3 Å². The molecule has 1 heteroatoms. The highest BCUT2D eigenvalue weighted by Gasteiger charge is 2.39. The molecule has 71 valence electrons. The smallest absolute Gasteiger partial charge is 0.0875 e. The zero-order chi connectivity index (χ0) is 9.38. The van der Waals surface area contributed by atoms with Crippen LogP contribution in [0.15, 0.2) is 30.3 Å². The van der Waals surface area contributed by atoms with Gasteiger partial charge in [0, 0.05) is 0 Å². The van der Waals surface area contributed by atoms with Gasteiger partial charge in [-0.25, -0.2) is 0 Å². The van der Waals surface area contributed by atoms with Crippen molar-refractivity contribution in [3.63, 3.8) is 0 Å². The topological polar surface area (TPSA) is 0 Å². The maximum atomic E-state index is 2.50. The van der Waals surface area contributed by atoms with E-state index in [9.17, 15) is 0 Å². The van der Waals surface area contributed by atoms with Crippen LogP contribution in [-0.4, -0.2) is 7.28 Å². The average Bonchev–Trinajstić information content (AvgIpc) is 2.81. The molecule has 2 bridgehead atoms. The minimum atomic E-state index is 0.885. The SMILES string of the molecule is [B](c1ccccc1)C1CC2CCC1C2. The molecule has 3 atom stereocenters. The molecule has 0 aromatic heterocycles. The Balaban J connectivity index is 1.69. The van der Waals surface area contributed by atoms with E-state index in [1.54, 1.807) is 0 Å². The summed E-state index contributed by atoms with van der Waals surface area (Å²) in [6.07, 6.45) is 5.95. The Morgan fingerprint density at radius 1 is 1.00 bits per heavy atom. The van der Waals surface area contributed by atoms with Gasteiger partial charge in [0.1, 0.15) is 0 Å². The highest BCUT2D eigenvalue weighted by Crippen LogP contribution is 2.50. The number of rotatable bonds is 2. The van der Waals surface area contributed by atoms with Gasteiger partial charge in [-0.1, -0.05) is 60.9 Å². The normalized spacial score (nSPS) is 34.7. The van der Waals surface area contributed by atoms with Gasteiger partial charge < -0.3 is 0 Å². The first kappa shape index (κ1) is 8.58. The van der Waals surface area contributed by atoms with E-state index >= 15 is 0 Å². The van der Waals surface area contributed by atoms with Crippen LogP contribution in [0.4, 0.5) is 0 Å². The second-order valence-corrected chi connectivity index (χ2v) is 4.92. The van der Waals surface area contributed by atoms with Gasteiger partial charge in [-0.15, -0.1) is 0 Å². The van der Waals surface area contributed by atoms with Gasteiger partial charge >= 0.3 is 0 Å². The minimum absolute atomic E-state index is 0.885. The molecule has 0 nitrogen and oxygen atoms in total. The van der Waals surface area contributed by atoms with Gasteiger partial charge in [-0.3, -0.25) is 0 Å². The monoisotopic (exact) mass is 183 g/mol. The van der Waals surface area contributed by atoms with Crippen LogP contribution < -0.4 is 5.46 Å². The van der Waals surface area contributed by atoms with Gasteiger partial charge in [0.2, 0.25) is 0 Å². The summed E-state index contributed by atoms with van der Waals surface area (Å²) < 4.78 is 0. The first-order valence-electron chi connectivity index (χ1n) is 5.82. The van der Waals surface area contributed by atoms with Crippen LogP contribution in [0.25, 0.3) is 0 Å². The standard InChI is InChI=1S/C13H16B/c1-2-4-12(5-3-1)14-13-9-10-6-7-11(13)8-10/h1-5,10-11,13H,6-9H2. The van der Waals surface area contributed by atoms with Crippen LogP contribution in [0.1, 0.15) is 25.7 Å². The summed E-state index contributed by atoms with van der Waals surface area (Å²) >= 11 is 0. The molecule has 1 radical (unpaired) electrons. The summed E-state index contributed by atoms with van der Waals surface area (Å²) in [5, 5.41) is 0. The molecule has 2 saturated carbocycles. The fraction of sp³-hybridized carbons (Fsp3) is 0.538. The van der Waals surface area contributed by atoms with Crippen molar-refractivity contribution in [1.29, 1.82) is 0 Å². The molecule has 0 heterocycles. The number of benzene rings is 1. The Hall–Kier alpha value is -0.715. The third kappa shape index (κ3) is 1.49. The van der Waals surface area contributed by atoms with E-state index < -0.39 is 0 Å². The quantitative estimate of drug-likeness (QED) is 0.618. The van der Waals surface area contributed by atoms with E-state index in [4.69, 9.17) is 0 Å². The molecule has 2 aliphatic rings. The third-order valence-electron chi connectivity index (χ3n) is 4.00. The van der Waals surface area contributed by atoms with Crippen molar-refractivity contribution < 1.29 is 0 Å². The van der Waals surface area contributed by atoms with Crippen molar-refractivity contribution in [1.82, 2.24) is 0 Å². The molecule has 1 aromatic rings. The summed E-state index contributed by atoms with van der Waals surface area (Å²) in [7, 11) is 2.50. The van der Waals surface area contributed by atoms with Crippen LogP contribution in [-0.2, 0) is 0 Å². The van der Waals surface area contributed by atoms with Crippen molar-refractivity contribution in [2.45, 2.75) is 31.5 Å². The zero-order valence-corrected chi connectivity index (χ0v) is 8.52. The maximum absolute atomic E-state index is 2.50. The van der Waals surface area contributed by atoms with Gasteiger partial charge in [-0.2, -0.15) is 0 Å². The molecule has 1 aromatic carbocycles. The maximum Gasteiger partial charge on any atom is 0.155 e. The van der Waals surface area contributed by atoms with Crippen molar-refractivity contribution in [3.05, 3.63) is 30.3 Å². The lowest BCUT2D eigenvalue weighted by Crippen LogP contribution is -2.22. The number of hydrogen-bond acceptors (Lipinski definition) is 0. The molecular weight excluding hydrogens is 167 g/mol. The predicted octanol–water partition coefficient (Wildman–Crippen LogP) is 2.62. The van der Waals surface area contributed by atoms with Crippen molar-refractivity contribution in [3.8, 4) is 0 Å². The van der Waals surface area contributed by atoms with E-state index in [-0.39, 0.29) is 0 Å². The summed E-state index contributed by atoms with van der Waals surface area (Å²) in [6.45, 7) is 0. The summed E-state index contributed by atoms with van der Waals surface area (Å²) in [5.41, 5.74) is 1.42. The van der Waals surface area contributed by atoms with E-state index in [1.165, 1.54) is 31.1 Å². The molecule has 0 spiro atoms. The molecule has 0 saturated heterocycles. The molecule has 2 aliphatic carbocycles. The Morgan fingerprint density at radius 2 is 1.86 bits per heavy atom. The Labute approximate surface area is 87.0 Å². The van der Waals surface area contributed by atoms with Crippen molar-refractivity contribution in [2.24, 2.45) is 11.8 Å². The van der Waals surface area contributed by atoms with Crippen molar-refractivity contribution >= 4 is 12.7 Å². The second kappa shape index (κ2) is 3.45. The summed E-state index contributed by atoms with van der Waals surface area (Å²) in [4.78, 5) is 0. The Kier molecular flexibility index (Phi) is 2.12. The Bertz CT molecular complexity index is 306. The first-order chi connectivity index (χ1) is 6.92. The second-order valence-electron chi connectivity index (χ2n) is 4.92. The lowest BCUT2D eigenvalue weighted by molar-refractivity contribution is 0.478. The molecule has 0 N–H and O–H groups in total. The average molecular weight is 183 g/mol. The molecule has 3 rings (SSSR count). The highest BCUT2D eigenvalue weighted by molar-refractivity contribution is 6.55. The fourth-order valence-corrected chi connectivity index (χ4v) is 3.31. The summed E-state index contributed by atoms with van der Waals surface area (Å²) in [5.74, 6) is 2.96. The zero-order valence-electron chi connectivity index (χ0n) is 8.52. The molecule has 0 amide bonds. The molecule has 2 fully saturated rings. The Morgan fingerprint density at radius 3 is 2.50 bits per heavy atom. The van der Waals surface area contributed by atoms with Crippen LogP contribution in [0.2, 0.25) is 5.82 Å². The third-order valence-corrected chi connectivity index (χ3v) is 4.00. The highest BCUT2D eigenvalue weighted by atomic mass is 14.4. The lowest BCUT2D eigenvalue weighted by Gasteiger charge is -2.20. The van der Waals surface area contributed by atoms with Gasteiger partial charge in [0.15, 0.2) is 7.28 Å². The van der Waals surface area contributed by atoms with E-state index in [0.29, 0.717) is 0 Å². The lowest BCUT2D eigenvalue weighted by atomic mass is 9.54. The molecular formula is C13H16B. The van der Waals surface area contributed by atoms with Crippen LogP contribution in [0.5, 0.6) is 0 Å². The fourth-order valence-electron chi connectivity index (χ4n) is 3.31. The van der Waals surface area contributed by atoms with Crippen LogP contribution >= 0.6 is 0 Å². The molecule has 0 aliphatic heterocycles. The number of fused-ring (bicyclic) bond motifs is 2. The number of hydrogen-bond donors (Lipinski definition) is 0. The van der Waals surface area contributed by atoms with E-state index in [1.807, 2.05) is 0 Å². The minimum Gasteiger partial charge on any atom is -0.0875 e. The van der Waals surface area contributed by atoms with Crippen LogP contribution in [0, 0.1) is 11.8 Å². The molecule has 3 unspecified atom stereocenters. The first-order valence-corrected chi connectivity index (χ1v) is 5.82. The molecule has 14 heavy (non-hydrogen) atoms. The van der Waals surface area contributed by atoms with E-state index in [2.05, 4.69) is 37.6 Å². The van der Waals surface area contributed by atoms with Gasteiger partial charge in [0.05, 0.1) is 0 Å². The predicted molar refractivity (Wildman–Crippen MR) is 61.0 cm³/mol. The largest absolute Gasteiger partial charge is 0.155 e.